The van der Waals surface area contributed by atoms with Crippen LogP contribution in [0.15, 0.2) is 22.8 Å². The van der Waals surface area contributed by atoms with Gasteiger partial charge in [0.05, 0.1) is 16.8 Å². The van der Waals surface area contributed by atoms with Gasteiger partial charge in [-0.25, -0.2) is 4.98 Å². The molecule has 1 aliphatic carbocycles. The Morgan fingerprint density at radius 1 is 1.35 bits per heavy atom. The molecule has 1 aromatic carbocycles. The maximum absolute atomic E-state index is 12.7. The molecular weight excluding hydrogens is 394 g/mol. The lowest BCUT2D eigenvalue weighted by Crippen LogP contribution is -2.17. The number of pyridine rings is 1. The molecule has 0 saturated heterocycles. The minimum absolute atomic E-state index is 0.299. The summed E-state index contributed by atoms with van der Waals surface area (Å²) in [6, 6.07) is 7.82. The first-order valence-corrected chi connectivity index (χ1v) is 9.15. The number of carbonyl (C=O) groups is 1. The van der Waals surface area contributed by atoms with E-state index >= 15 is 0 Å². The van der Waals surface area contributed by atoms with E-state index in [2.05, 4.69) is 42.5 Å². The summed E-state index contributed by atoms with van der Waals surface area (Å²) in [5.41, 5.74) is 4.95. The minimum atomic E-state index is -0.299. The van der Waals surface area contributed by atoms with Crippen molar-refractivity contribution in [1.29, 1.82) is 5.26 Å². The summed E-state index contributed by atoms with van der Waals surface area (Å²) in [6.45, 7) is 3.62. The Bertz CT molecular complexity index is 1090. The predicted molar refractivity (Wildman–Crippen MR) is 102 cm³/mol. The summed E-state index contributed by atoms with van der Waals surface area (Å²) < 4.78 is 0.384. The van der Waals surface area contributed by atoms with Crippen LogP contribution in [0, 0.1) is 25.2 Å². The molecule has 3 aromatic rings. The van der Waals surface area contributed by atoms with Crippen LogP contribution in [-0.2, 0) is 0 Å². The summed E-state index contributed by atoms with van der Waals surface area (Å²) in [6.07, 6.45) is 2.33. The van der Waals surface area contributed by atoms with Crippen molar-refractivity contribution in [2.24, 2.45) is 0 Å². The quantitative estimate of drug-likeness (QED) is 0.628. The zero-order valence-corrected chi connectivity index (χ0v) is 15.9. The van der Waals surface area contributed by atoms with Gasteiger partial charge in [0.25, 0.3) is 5.91 Å². The predicted octanol–water partition coefficient (Wildman–Crippen LogP) is 4.34. The van der Waals surface area contributed by atoms with Gasteiger partial charge < -0.3 is 5.32 Å². The number of hydrogen-bond acceptors (Lipinski definition) is 4. The second kappa shape index (κ2) is 6.22. The van der Waals surface area contributed by atoms with Crippen LogP contribution in [0.1, 0.15) is 51.6 Å². The molecule has 2 heterocycles. The molecule has 26 heavy (non-hydrogen) atoms. The van der Waals surface area contributed by atoms with Crippen molar-refractivity contribution in [2.75, 3.05) is 5.32 Å². The largest absolute Gasteiger partial charge is 0.321 e. The first-order chi connectivity index (χ1) is 12.5. The van der Waals surface area contributed by atoms with Crippen molar-refractivity contribution >= 4 is 38.4 Å². The van der Waals surface area contributed by atoms with Gasteiger partial charge in [0.2, 0.25) is 0 Å². The number of halogens is 1. The number of nitrogens with one attached hydrogen (secondary N) is 2. The zero-order valence-electron chi connectivity index (χ0n) is 14.4. The highest BCUT2D eigenvalue weighted by Crippen LogP contribution is 2.42. The molecule has 1 aliphatic rings. The summed E-state index contributed by atoms with van der Waals surface area (Å²) in [5.74, 6) is 0.224. The Labute approximate surface area is 158 Å². The van der Waals surface area contributed by atoms with E-state index in [0.29, 0.717) is 33.0 Å². The number of nitrogens with zero attached hydrogens (tertiary/aromatic N) is 3. The fourth-order valence-electron chi connectivity index (χ4n) is 3.08. The molecule has 0 bridgehead atoms. The van der Waals surface area contributed by atoms with E-state index in [0.717, 1.165) is 35.0 Å². The van der Waals surface area contributed by atoms with Gasteiger partial charge in [-0.15, -0.1) is 0 Å². The van der Waals surface area contributed by atoms with Gasteiger partial charge in [0.15, 0.2) is 0 Å². The normalized spacial score (nSPS) is 13.6. The molecule has 6 nitrogen and oxygen atoms in total. The molecular formula is C19H16BrN5O. The second-order valence-corrected chi connectivity index (χ2v) is 7.34. The number of nitriles is 1. The number of fused-ring (bicyclic) bond motifs is 1. The number of amides is 1. The molecule has 2 aromatic heterocycles. The molecule has 0 spiro atoms. The van der Waals surface area contributed by atoms with Gasteiger partial charge in [0.1, 0.15) is 16.4 Å². The maximum atomic E-state index is 12.7. The van der Waals surface area contributed by atoms with Crippen molar-refractivity contribution in [3.05, 3.63) is 50.9 Å². The van der Waals surface area contributed by atoms with Crippen LogP contribution >= 0.6 is 15.9 Å². The van der Waals surface area contributed by atoms with E-state index < -0.39 is 0 Å². The van der Waals surface area contributed by atoms with Crippen molar-refractivity contribution in [3.8, 4) is 6.07 Å². The molecule has 1 amide bonds. The highest BCUT2D eigenvalue weighted by atomic mass is 79.9. The van der Waals surface area contributed by atoms with Crippen LogP contribution in [-0.4, -0.2) is 21.1 Å². The summed E-state index contributed by atoms with van der Waals surface area (Å²) >= 11 is 3.28. The summed E-state index contributed by atoms with van der Waals surface area (Å²) in [5, 5.41) is 20.6. The third-order valence-electron chi connectivity index (χ3n) is 4.85. The molecule has 0 atom stereocenters. The molecule has 0 unspecified atom stereocenters. The monoisotopic (exact) mass is 409 g/mol. The Hall–Kier alpha value is -2.72. The van der Waals surface area contributed by atoms with E-state index in [4.69, 9.17) is 0 Å². The standard InChI is InChI=1S/C19H16BrN5O/c1-9-10(2)16(23-18(20)14(9)8-21)19(26)22-12-5-6-15-13(7-12)17(25-24-15)11-3-4-11/h5-7,11H,3-4H2,1-2H3,(H,22,26)(H,24,25). The summed E-state index contributed by atoms with van der Waals surface area (Å²) in [7, 11) is 0. The Balaban J connectivity index is 1.67. The van der Waals surface area contributed by atoms with Crippen LogP contribution < -0.4 is 5.32 Å². The Morgan fingerprint density at radius 2 is 2.12 bits per heavy atom. The maximum Gasteiger partial charge on any atom is 0.274 e. The first-order valence-electron chi connectivity index (χ1n) is 8.35. The third kappa shape index (κ3) is 2.76. The molecule has 0 aliphatic heterocycles. The fourth-order valence-corrected chi connectivity index (χ4v) is 3.64. The zero-order chi connectivity index (χ0) is 18.4. The van der Waals surface area contributed by atoms with Crippen LogP contribution in [0.3, 0.4) is 0 Å². The second-order valence-electron chi connectivity index (χ2n) is 6.59. The van der Waals surface area contributed by atoms with Crippen LogP contribution in [0.25, 0.3) is 10.9 Å². The average Bonchev–Trinajstić information content (AvgIpc) is 3.38. The van der Waals surface area contributed by atoms with Gasteiger partial charge >= 0.3 is 0 Å². The highest BCUT2D eigenvalue weighted by Gasteiger charge is 2.28. The number of H-pyrrole nitrogens is 1. The summed E-state index contributed by atoms with van der Waals surface area (Å²) in [4.78, 5) is 17.0. The number of hydrogen-bond donors (Lipinski definition) is 2. The first kappa shape index (κ1) is 16.7. The van der Waals surface area contributed by atoms with Crippen LogP contribution in [0.4, 0.5) is 5.69 Å². The molecule has 2 N–H and O–H groups in total. The molecule has 0 radical (unpaired) electrons. The van der Waals surface area contributed by atoms with E-state index in [1.165, 1.54) is 0 Å². The molecule has 1 fully saturated rings. The van der Waals surface area contributed by atoms with E-state index in [1.54, 1.807) is 6.92 Å². The van der Waals surface area contributed by atoms with Gasteiger partial charge in [-0.2, -0.15) is 10.4 Å². The SMILES string of the molecule is Cc1c(C(=O)Nc2ccc3[nH]nc(C4CC4)c3c2)nc(Br)c(C#N)c1C. The Kier molecular flexibility index (Phi) is 4.00. The third-order valence-corrected chi connectivity index (χ3v) is 5.42. The van der Waals surface area contributed by atoms with Crippen molar-refractivity contribution < 1.29 is 4.79 Å². The van der Waals surface area contributed by atoms with Gasteiger partial charge in [-0.05, 0) is 71.9 Å². The number of carbonyl (C=O) groups excluding carboxylic acids is 1. The van der Waals surface area contributed by atoms with Gasteiger partial charge in [-0.3, -0.25) is 9.89 Å². The van der Waals surface area contributed by atoms with Crippen LogP contribution in [0.2, 0.25) is 0 Å². The minimum Gasteiger partial charge on any atom is -0.321 e. The topological polar surface area (TPSA) is 94.5 Å². The fraction of sp³-hybridized carbons (Fsp3) is 0.263. The highest BCUT2D eigenvalue weighted by molar-refractivity contribution is 9.10. The van der Waals surface area contributed by atoms with E-state index in [1.807, 2.05) is 25.1 Å². The number of anilines is 1. The van der Waals surface area contributed by atoms with Gasteiger partial charge in [-0.1, -0.05) is 0 Å². The molecule has 4 rings (SSSR count). The van der Waals surface area contributed by atoms with Crippen LogP contribution in [0.5, 0.6) is 0 Å². The number of rotatable bonds is 3. The molecule has 1 saturated carbocycles. The lowest BCUT2D eigenvalue weighted by atomic mass is 10.0. The van der Waals surface area contributed by atoms with Crippen molar-refractivity contribution in [1.82, 2.24) is 15.2 Å². The smallest absolute Gasteiger partial charge is 0.274 e. The van der Waals surface area contributed by atoms with Gasteiger partial charge in [0, 0.05) is 17.0 Å². The average molecular weight is 410 g/mol. The number of aromatic nitrogens is 3. The van der Waals surface area contributed by atoms with E-state index in [9.17, 15) is 10.1 Å². The lowest BCUT2D eigenvalue weighted by Gasteiger charge is -2.11. The molecule has 130 valence electrons. The molecule has 7 heteroatoms. The van der Waals surface area contributed by atoms with E-state index in [-0.39, 0.29) is 5.91 Å². The van der Waals surface area contributed by atoms with Crippen molar-refractivity contribution in [3.63, 3.8) is 0 Å². The lowest BCUT2D eigenvalue weighted by molar-refractivity contribution is 0.102. The Morgan fingerprint density at radius 3 is 2.81 bits per heavy atom. The number of aromatic amines is 1. The van der Waals surface area contributed by atoms with Crippen molar-refractivity contribution in [2.45, 2.75) is 32.6 Å². The number of benzene rings is 1.